The SMILES string of the molecule is CCCC(=C(c1ccccc1)c1ccccc1)c1cccc(OCCO)c1. The van der Waals surface area contributed by atoms with E-state index < -0.39 is 0 Å². The lowest BCUT2D eigenvalue weighted by atomic mass is 9.87. The summed E-state index contributed by atoms with van der Waals surface area (Å²) in [6, 6.07) is 29.3. The number of aliphatic hydroxyl groups is 1. The highest BCUT2D eigenvalue weighted by atomic mass is 16.5. The molecule has 0 aromatic heterocycles. The van der Waals surface area contributed by atoms with E-state index in [2.05, 4.69) is 79.7 Å². The van der Waals surface area contributed by atoms with E-state index in [1.807, 2.05) is 12.1 Å². The molecule has 3 aromatic carbocycles. The predicted molar refractivity (Wildman–Crippen MR) is 113 cm³/mol. The molecule has 0 aliphatic rings. The van der Waals surface area contributed by atoms with Crippen molar-refractivity contribution >= 4 is 11.1 Å². The number of aliphatic hydroxyl groups excluding tert-OH is 1. The van der Waals surface area contributed by atoms with Crippen LogP contribution in [0.15, 0.2) is 84.9 Å². The second kappa shape index (κ2) is 9.75. The molecule has 1 N–H and O–H groups in total. The van der Waals surface area contributed by atoms with E-state index in [0.717, 1.165) is 24.2 Å². The summed E-state index contributed by atoms with van der Waals surface area (Å²) in [5, 5.41) is 9.04. The molecule has 2 heteroatoms. The molecule has 0 saturated heterocycles. The van der Waals surface area contributed by atoms with Crippen molar-refractivity contribution in [3.05, 3.63) is 102 Å². The van der Waals surface area contributed by atoms with Gasteiger partial charge in [-0.15, -0.1) is 0 Å². The van der Waals surface area contributed by atoms with E-state index >= 15 is 0 Å². The molecule has 3 rings (SSSR count). The fourth-order valence-corrected chi connectivity index (χ4v) is 3.33. The molecule has 0 fully saturated rings. The van der Waals surface area contributed by atoms with Crippen molar-refractivity contribution in [1.82, 2.24) is 0 Å². The van der Waals surface area contributed by atoms with E-state index in [-0.39, 0.29) is 6.61 Å². The molecule has 0 unspecified atom stereocenters. The smallest absolute Gasteiger partial charge is 0.120 e. The van der Waals surface area contributed by atoms with Gasteiger partial charge >= 0.3 is 0 Å². The first-order valence-corrected chi connectivity index (χ1v) is 9.51. The maximum atomic E-state index is 9.04. The van der Waals surface area contributed by atoms with Crippen LogP contribution in [0.2, 0.25) is 0 Å². The zero-order valence-electron chi connectivity index (χ0n) is 15.8. The van der Waals surface area contributed by atoms with Crippen LogP contribution in [0, 0.1) is 0 Å². The highest BCUT2D eigenvalue weighted by molar-refractivity contribution is 5.98. The highest BCUT2D eigenvalue weighted by Crippen LogP contribution is 2.36. The third kappa shape index (κ3) is 4.87. The largest absolute Gasteiger partial charge is 0.491 e. The molecule has 0 bridgehead atoms. The Hall–Kier alpha value is -2.84. The fourth-order valence-electron chi connectivity index (χ4n) is 3.33. The topological polar surface area (TPSA) is 29.5 Å². The molecule has 0 aliphatic heterocycles. The van der Waals surface area contributed by atoms with Crippen LogP contribution in [0.5, 0.6) is 5.75 Å². The lowest BCUT2D eigenvalue weighted by Crippen LogP contribution is -2.02. The Morgan fingerprint density at radius 1 is 0.778 bits per heavy atom. The standard InChI is InChI=1S/C25H26O2/c1-2-10-24(22-15-9-16-23(19-22)27-18-17-26)25(20-11-5-3-6-12-20)21-13-7-4-8-14-21/h3-9,11-16,19,26H,2,10,17-18H2,1H3. The fraction of sp³-hybridized carbons (Fsp3) is 0.200. The average molecular weight is 358 g/mol. The van der Waals surface area contributed by atoms with Gasteiger partial charge in [-0.1, -0.05) is 86.1 Å². The Balaban J connectivity index is 2.18. The Bertz CT molecular complexity index is 826. The molecular weight excluding hydrogens is 332 g/mol. The minimum absolute atomic E-state index is 0.0150. The Kier molecular flexibility index (Phi) is 6.84. The zero-order chi connectivity index (χ0) is 18.9. The molecule has 2 nitrogen and oxygen atoms in total. The van der Waals surface area contributed by atoms with Crippen LogP contribution < -0.4 is 4.74 Å². The summed E-state index contributed by atoms with van der Waals surface area (Å²) in [5.74, 6) is 0.788. The molecular formula is C25H26O2. The van der Waals surface area contributed by atoms with Crippen molar-refractivity contribution in [3.63, 3.8) is 0 Å². The first-order valence-electron chi connectivity index (χ1n) is 9.51. The molecule has 0 saturated carbocycles. The molecule has 0 amide bonds. The summed E-state index contributed by atoms with van der Waals surface area (Å²) < 4.78 is 5.64. The van der Waals surface area contributed by atoms with Gasteiger partial charge in [-0.2, -0.15) is 0 Å². The van der Waals surface area contributed by atoms with Crippen molar-refractivity contribution < 1.29 is 9.84 Å². The lowest BCUT2D eigenvalue weighted by molar-refractivity contribution is 0.201. The Morgan fingerprint density at radius 3 is 1.93 bits per heavy atom. The molecule has 0 radical (unpaired) electrons. The van der Waals surface area contributed by atoms with E-state index in [0.29, 0.717) is 6.61 Å². The average Bonchev–Trinajstić information content (AvgIpc) is 2.74. The second-order valence-electron chi connectivity index (χ2n) is 6.44. The van der Waals surface area contributed by atoms with Gasteiger partial charge in [0.2, 0.25) is 0 Å². The quantitative estimate of drug-likeness (QED) is 0.514. The minimum atomic E-state index is 0.0150. The van der Waals surface area contributed by atoms with Crippen molar-refractivity contribution in [3.8, 4) is 5.75 Å². The van der Waals surface area contributed by atoms with Gasteiger partial charge in [0.05, 0.1) is 6.61 Å². The van der Waals surface area contributed by atoms with Crippen molar-refractivity contribution in [2.45, 2.75) is 19.8 Å². The summed E-state index contributed by atoms with van der Waals surface area (Å²) >= 11 is 0. The van der Waals surface area contributed by atoms with Crippen molar-refractivity contribution in [1.29, 1.82) is 0 Å². The van der Waals surface area contributed by atoms with Crippen LogP contribution in [0.25, 0.3) is 11.1 Å². The molecule has 3 aromatic rings. The summed E-state index contributed by atoms with van der Waals surface area (Å²) in [5.41, 5.74) is 6.17. The van der Waals surface area contributed by atoms with Crippen LogP contribution in [0.4, 0.5) is 0 Å². The normalized spacial score (nSPS) is 10.4. The molecule has 138 valence electrons. The number of benzene rings is 3. The van der Waals surface area contributed by atoms with Gasteiger partial charge in [0.1, 0.15) is 12.4 Å². The maximum Gasteiger partial charge on any atom is 0.120 e. The van der Waals surface area contributed by atoms with E-state index in [1.165, 1.54) is 22.3 Å². The monoisotopic (exact) mass is 358 g/mol. The van der Waals surface area contributed by atoms with Crippen molar-refractivity contribution in [2.75, 3.05) is 13.2 Å². The van der Waals surface area contributed by atoms with Gasteiger partial charge in [0.15, 0.2) is 0 Å². The van der Waals surface area contributed by atoms with Crippen LogP contribution >= 0.6 is 0 Å². The predicted octanol–water partition coefficient (Wildman–Crippen LogP) is 5.82. The molecule has 0 spiro atoms. The first kappa shape index (κ1) is 18.9. The van der Waals surface area contributed by atoms with Crippen LogP contribution in [0.3, 0.4) is 0 Å². The number of ether oxygens (including phenoxy) is 1. The van der Waals surface area contributed by atoms with Gasteiger partial charge in [-0.05, 0) is 46.4 Å². The van der Waals surface area contributed by atoms with Gasteiger partial charge in [0.25, 0.3) is 0 Å². The number of hydrogen-bond acceptors (Lipinski definition) is 2. The van der Waals surface area contributed by atoms with Gasteiger partial charge in [-0.25, -0.2) is 0 Å². The number of hydrogen-bond donors (Lipinski definition) is 1. The summed E-state index contributed by atoms with van der Waals surface area (Å²) in [4.78, 5) is 0. The highest BCUT2D eigenvalue weighted by Gasteiger charge is 2.14. The lowest BCUT2D eigenvalue weighted by Gasteiger charge is -2.18. The number of allylic oxidation sites excluding steroid dienone is 1. The third-order valence-electron chi connectivity index (χ3n) is 4.47. The molecule has 0 atom stereocenters. The van der Waals surface area contributed by atoms with E-state index in [4.69, 9.17) is 9.84 Å². The first-order chi connectivity index (χ1) is 13.3. The van der Waals surface area contributed by atoms with Gasteiger partial charge < -0.3 is 9.84 Å². The van der Waals surface area contributed by atoms with Gasteiger partial charge in [0, 0.05) is 0 Å². The van der Waals surface area contributed by atoms with Crippen LogP contribution in [-0.4, -0.2) is 18.3 Å². The van der Waals surface area contributed by atoms with E-state index in [9.17, 15) is 0 Å². The third-order valence-corrected chi connectivity index (χ3v) is 4.47. The Labute approximate surface area is 161 Å². The molecule has 0 heterocycles. The van der Waals surface area contributed by atoms with Crippen molar-refractivity contribution in [2.24, 2.45) is 0 Å². The van der Waals surface area contributed by atoms with Crippen LogP contribution in [0.1, 0.15) is 36.5 Å². The van der Waals surface area contributed by atoms with E-state index in [1.54, 1.807) is 0 Å². The zero-order valence-corrected chi connectivity index (χ0v) is 15.8. The maximum absolute atomic E-state index is 9.04. The summed E-state index contributed by atoms with van der Waals surface area (Å²) in [6.07, 6.45) is 2.03. The van der Waals surface area contributed by atoms with Gasteiger partial charge in [-0.3, -0.25) is 0 Å². The van der Waals surface area contributed by atoms with Crippen LogP contribution in [-0.2, 0) is 0 Å². The second-order valence-corrected chi connectivity index (χ2v) is 6.44. The minimum Gasteiger partial charge on any atom is -0.491 e. The molecule has 27 heavy (non-hydrogen) atoms. The Morgan fingerprint density at radius 2 is 1.37 bits per heavy atom. The summed E-state index contributed by atoms with van der Waals surface area (Å²) in [7, 11) is 0. The number of rotatable bonds is 8. The molecule has 0 aliphatic carbocycles. The summed E-state index contributed by atoms with van der Waals surface area (Å²) in [6.45, 7) is 2.53.